The molecule has 0 bridgehead atoms. The highest BCUT2D eigenvalue weighted by Gasteiger charge is 2.13. The van der Waals surface area contributed by atoms with E-state index in [2.05, 4.69) is 50.5 Å². The number of ether oxygens (including phenoxy) is 2. The quantitative estimate of drug-likeness (QED) is 0.219. The van der Waals surface area contributed by atoms with E-state index >= 15 is 0 Å². The SMILES string of the molecule is COCSc1cc(C(=O)NCc2cc(-c3cccc(-c4cc(N5CCOCC5)ccn4)c3)ccn2)ccc1C. The third-order valence-electron chi connectivity index (χ3n) is 6.64. The van der Waals surface area contributed by atoms with Crippen LogP contribution in [-0.4, -0.2) is 55.2 Å². The van der Waals surface area contributed by atoms with Crippen LogP contribution in [0.5, 0.6) is 0 Å². The molecule has 2 aromatic carbocycles. The van der Waals surface area contributed by atoms with Crippen LogP contribution in [0, 0.1) is 6.92 Å². The van der Waals surface area contributed by atoms with E-state index in [-0.39, 0.29) is 5.91 Å². The van der Waals surface area contributed by atoms with Gasteiger partial charge in [-0.05, 0) is 66.1 Å². The maximum atomic E-state index is 12.9. The van der Waals surface area contributed by atoms with Crippen molar-refractivity contribution in [1.29, 1.82) is 0 Å². The molecule has 0 spiro atoms. The topological polar surface area (TPSA) is 76.6 Å². The highest BCUT2D eigenvalue weighted by molar-refractivity contribution is 7.99. The molecule has 0 unspecified atom stereocenters. The van der Waals surface area contributed by atoms with Crippen LogP contribution in [0.15, 0.2) is 84.0 Å². The van der Waals surface area contributed by atoms with Gasteiger partial charge in [-0.1, -0.05) is 36.0 Å². The van der Waals surface area contributed by atoms with Crippen LogP contribution in [0.25, 0.3) is 22.4 Å². The van der Waals surface area contributed by atoms with Crippen LogP contribution >= 0.6 is 11.8 Å². The molecule has 200 valence electrons. The Bertz CT molecular complexity index is 1440. The van der Waals surface area contributed by atoms with Gasteiger partial charge in [0.25, 0.3) is 5.91 Å². The van der Waals surface area contributed by atoms with E-state index in [1.807, 2.05) is 49.5 Å². The van der Waals surface area contributed by atoms with E-state index in [0.717, 1.165) is 70.5 Å². The molecule has 7 nitrogen and oxygen atoms in total. The average molecular weight is 541 g/mol. The van der Waals surface area contributed by atoms with Gasteiger partial charge in [0.1, 0.15) is 0 Å². The lowest BCUT2D eigenvalue weighted by Gasteiger charge is -2.29. The van der Waals surface area contributed by atoms with Crippen molar-refractivity contribution in [2.45, 2.75) is 18.4 Å². The van der Waals surface area contributed by atoms with Gasteiger partial charge >= 0.3 is 0 Å². The summed E-state index contributed by atoms with van der Waals surface area (Å²) >= 11 is 1.57. The van der Waals surface area contributed by atoms with Crippen molar-refractivity contribution in [1.82, 2.24) is 15.3 Å². The first kappa shape index (κ1) is 26.9. The van der Waals surface area contributed by atoms with Crippen LogP contribution in [0.4, 0.5) is 5.69 Å². The highest BCUT2D eigenvalue weighted by atomic mass is 32.2. The Morgan fingerprint density at radius 3 is 2.62 bits per heavy atom. The molecule has 0 atom stereocenters. The van der Waals surface area contributed by atoms with E-state index in [1.54, 1.807) is 25.1 Å². The fourth-order valence-electron chi connectivity index (χ4n) is 4.50. The van der Waals surface area contributed by atoms with Crippen LogP contribution in [0.3, 0.4) is 0 Å². The minimum atomic E-state index is -0.130. The zero-order chi connectivity index (χ0) is 27.0. The summed E-state index contributed by atoms with van der Waals surface area (Å²) in [5.41, 5.74) is 7.78. The summed E-state index contributed by atoms with van der Waals surface area (Å²) < 4.78 is 10.7. The number of benzene rings is 2. The minimum absolute atomic E-state index is 0.130. The van der Waals surface area contributed by atoms with E-state index < -0.39 is 0 Å². The van der Waals surface area contributed by atoms with Gasteiger partial charge in [0.15, 0.2) is 0 Å². The van der Waals surface area contributed by atoms with Gasteiger partial charge in [-0.3, -0.25) is 14.8 Å². The van der Waals surface area contributed by atoms with Crippen LogP contribution in [-0.2, 0) is 16.0 Å². The van der Waals surface area contributed by atoms with Crippen molar-refractivity contribution in [2.75, 3.05) is 44.3 Å². The number of rotatable bonds is 9. The fraction of sp³-hybridized carbons (Fsp3) is 0.258. The molecule has 0 aliphatic carbocycles. The zero-order valence-electron chi connectivity index (χ0n) is 22.2. The Balaban J connectivity index is 1.29. The summed E-state index contributed by atoms with van der Waals surface area (Å²) in [6, 6.07) is 22.3. The number of methoxy groups -OCH3 is 1. The summed E-state index contributed by atoms with van der Waals surface area (Å²) in [6.07, 6.45) is 3.65. The first-order valence-electron chi connectivity index (χ1n) is 13.0. The first-order chi connectivity index (χ1) is 19.1. The number of aromatic nitrogens is 2. The number of thioether (sulfide) groups is 1. The molecule has 4 aromatic rings. The van der Waals surface area contributed by atoms with E-state index in [0.29, 0.717) is 18.0 Å². The second-order valence-electron chi connectivity index (χ2n) is 9.33. The van der Waals surface area contributed by atoms with Crippen LogP contribution in [0.2, 0.25) is 0 Å². The van der Waals surface area contributed by atoms with Crippen molar-refractivity contribution < 1.29 is 14.3 Å². The molecule has 1 aliphatic rings. The molecule has 0 saturated carbocycles. The molecule has 1 amide bonds. The summed E-state index contributed by atoms with van der Waals surface area (Å²) in [5.74, 6) is 0.411. The van der Waals surface area contributed by atoms with Gasteiger partial charge in [-0.25, -0.2) is 0 Å². The number of carbonyl (C=O) groups is 1. The number of aryl methyl sites for hydroxylation is 1. The molecule has 39 heavy (non-hydrogen) atoms. The normalized spacial score (nSPS) is 13.3. The second kappa shape index (κ2) is 12.9. The van der Waals surface area contributed by atoms with Gasteiger partial charge in [-0.2, -0.15) is 0 Å². The molecule has 8 heteroatoms. The van der Waals surface area contributed by atoms with Gasteiger partial charge in [0.05, 0.1) is 37.1 Å². The molecular formula is C31H32N4O3S. The first-order valence-corrected chi connectivity index (χ1v) is 13.9. The summed E-state index contributed by atoms with van der Waals surface area (Å²) in [7, 11) is 1.66. The Morgan fingerprint density at radius 2 is 1.77 bits per heavy atom. The number of anilines is 1. The molecule has 3 heterocycles. The molecular weight excluding hydrogens is 508 g/mol. The van der Waals surface area contributed by atoms with Gasteiger partial charge in [0.2, 0.25) is 0 Å². The van der Waals surface area contributed by atoms with E-state index in [1.165, 1.54) is 0 Å². The minimum Gasteiger partial charge on any atom is -0.378 e. The van der Waals surface area contributed by atoms with Crippen molar-refractivity contribution in [2.24, 2.45) is 0 Å². The standard InChI is InChI=1S/C31H32N4O3S/c1-22-6-7-26(18-30(22)39-21-37-2)31(36)34-20-27-17-24(8-10-32-27)23-4-3-5-25(16-23)29-19-28(9-11-33-29)35-12-14-38-15-13-35/h3-11,16-19H,12-15,20-21H2,1-2H3,(H,34,36). The predicted molar refractivity (Wildman–Crippen MR) is 156 cm³/mol. The Labute approximate surface area is 233 Å². The van der Waals surface area contributed by atoms with Crippen LogP contribution < -0.4 is 10.2 Å². The third-order valence-corrected chi connectivity index (χ3v) is 7.75. The number of hydrogen-bond donors (Lipinski definition) is 1. The largest absolute Gasteiger partial charge is 0.378 e. The number of amides is 1. The molecule has 0 radical (unpaired) electrons. The van der Waals surface area contributed by atoms with E-state index in [4.69, 9.17) is 9.47 Å². The predicted octanol–water partition coefficient (Wildman–Crippen LogP) is 5.58. The molecule has 1 N–H and O–H groups in total. The van der Waals surface area contributed by atoms with E-state index in [9.17, 15) is 4.79 Å². The second-order valence-corrected chi connectivity index (χ2v) is 10.3. The zero-order valence-corrected chi connectivity index (χ0v) is 23.0. The maximum Gasteiger partial charge on any atom is 0.251 e. The lowest BCUT2D eigenvalue weighted by Crippen LogP contribution is -2.36. The summed E-state index contributed by atoms with van der Waals surface area (Å²) in [5, 5.41) is 3.01. The number of nitrogens with zero attached hydrogens (tertiary/aromatic N) is 3. The summed E-state index contributed by atoms with van der Waals surface area (Å²) in [4.78, 5) is 25.3. The number of morpholine rings is 1. The maximum absolute atomic E-state index is 12.9. The third kappa shape index (κ3) is 6.84. The van der Waals surface area contributed by atoms with Crippen molar-refractivity contribution in [3.63, 3.8) is 0 Å². The number of carbonyl (C=O) groups excluding carboxylic acids is 1. The lowest BCUT2D eigenvalue weighted by atomic mass is 10.0. The van der Waals surface area contributed by atoms with Crippen molar-refractivity contribution in [3.05, 3.63) is 95.9 Å². The molecule has 1 fully saturated rings. The molecule has 2 aromatic heterocycles. The highest BCUT2D eigenvalue weighted by Crippen LogP contribution is 2.28. The number of nitrogens with one attached hydrogen (secondary N) is 1. The Hall–Kier alpha value is -3.72. The molecule has 5 rings (SSSR count). The van der Waals surface area contributed by atoms with Crippen molar-refractivity contribution in [3.8, 4) is 22.4 Å². The Morgan fingerprint density at radius 1 is 0.974 bits per heavy atom. The molecule has 1 aliphatic heterocycles. The van der Waals surface area contributed by atoms with Crippen LogP contribution in [0.1, 0.15) is 21.6 Å². The van der Waals surface area contributed by atoms with Crippen molar-refractivity contribution >= 4 is 23.4 Å². The van der Waals surface area contributed by atoms with Gasteiger partial charge in [-0.15, -0.1) is 0 Å². The Kier molecular flexibility index (Phi) is 8.88. The smallest absolute Gasteiger partial charge is 0.251 e. The fourth-order valence-corrected chi connectivity index (χ4v) is 5.25. The van der Waals surface area contributed by atoms with Gasteiger partial charge < -0.3 is 19.7 Å². The average Bonchev–Trinajstić information content (AvgIpc) is 3.00. The number of hydrogen-bond acceptors (Lipinski definition) is 7. The number of pyridine rings is 2. The monoisotopic (exact) mass is 540 g/mol. The van der Waals surface area contributed by atoms with Gasteiger partial charge in [0, 0.05) is 54.3 Å². The summed E-state index contributed by atoms with van der Waals surface area (Å²) in [6.45, 7) is 5.63. The lowest BCUT2D eigenvalue weighted by molar-refractivity contribution is 0.0950. The molecule has 1 saturated heterocycles.